The first-order valence-corrected chi connectivity index (χ1v) is 8.89. The molecule has 0 saturated carbocycles. The summed E-state index contributed by atoms with van der Waals surface area (Å²) < 4.78 is 17.6. The molecule has 2 atom stereocenters. The summed E-state index contributed by atoms with van der Waals surface area (Å²) in [5.41, 5.74) is 1.01. The van der Waals surface area contributed by atoms with E-state index in [2.05, 4.69) is 42.7 Å². The van der Waals surface area contributed by atoms with Crippen LogP contribution in [0.3, 0.4) is 0 Å². The van der Waals surface area contributed by atoms with Crippen LogP contribution >= 0.6 is 0 Å². The van der Waals surface area contributed by atoms with E-state index in [1.807, 2.05) is 12.1 Å². The highest BCUT2D eigenvalue weighted by Gasteiger charge is 2.36. The molecular weight excluding hydrogens is 304 g/mol. The van der Waals surface area contributed by atoms with Crippen molar-refractivity contribution in [1.82, 2.24) is 4.90 Å². The lowest BCUT2D eigenvalue weighted by atomic mass is 10.0. The molecule has 2 saturated heterocycles. The number of para-hydroxylation sites is 2. The highest BCUT2D eigenvalue weighted by molar-refractivity contribution is 5.58. The van der Waals surface area contributed by atoms with E-state index >= 15 is 0 Å². The highest BCUT2D eigenvalue weighted by Crippen LogP contribution is 2.29. The SMILES string of the molecule is COc1ccccc1N1CCN(CC2COC(C)(C)C(C)O2)CC1. The smallest absolute Gasteiger partial charge is 0.142 e. The second-order valence-corrected chi connectivity index (χ2v) is 7.27. The second kappa shape index (κ2) is 7.30. The molecule has 2 unspecified atom stereocenters. The average molecular weight is 334 g/mol. The molecule has 5 nitrogen and oxygen atoms in total. The third kappa shape index (κ3) is 3.85. The van der Waals surface area contributed by atoms with Gasteiger partial charge in [0.1, 0.15) is 5.75 Å². The zero-order chi connectivity index (χ0) is 17.2. The van der Waals surface area contributed by atoms with E-state index in [9.17, 15) is 0 Å². The van der Waals surface area contributed by atoms with Crippen molar-refractivity contribution in [3.05, 3.63) is 24.3 Å². The van der Waals surface area contributed by atoms with Gasteiger partial charge in [0.15, 0.2) is 0 Å². The lowest BCUT2D eigenvalue weighted by Gasteiger charge is -2.43. The zero-order valence-electron chi connectivity index (χ0n) is 15.3. The standard InChI is InChI=1S/C19H30N2O3/c1-15-19(2,3)23-14-16(24-15)13-20-9-11-21(12-10-20)17-7-5-6-8-18(17)22-4/h5-8,15-16H,9-14H2,1-4H3. The molecule has 2 fully saturated rings. The minimum atomic E-state index is -0.181. The highest BCUT2D eigenvalue weighted by atomic mass is 16.6. The number of hydrogen-bond acceptors (Lipinski definition) is 5. The van der Waals surface area contributed by atoms with Gasteiger partial charge in [-0.1, -0.05) is 12.1 Å². The van der Waals surface area contributed by atoms with Crippen LogP contribution in [0.2, 0.25) is 0 Å². The van der Waals surface area contributed by atoms with Crippen LogP contribution in [-0.4, -0.2) is 69.1 Å². The quantitative estimate of drug-likeness (QED) is 0.845. The maximum Gasteiger partial charge on any atom is 0.142 e. The summed E-state index contributed by atoms with van der Waals surface area (Å²) in [6.45, 7) is 12.0. The van der Waals surface area contributed by atoms with Gasteiger partial charge in [-0.3, -0.25) is 4.90 Å². The molecule has 24 heavy (non-hydrogen) atoms. The molecule has 0 amide bonds. The normalized spacial score (nSPS) is 27.9. The van der Waals surface area contributed by atoms with E-state index in [0.29, 0.717) is 6.61 Å². The van der Waals surface area contributed by atoms with E-state index in [1.54, 1.807) is 7.11 Å². The van der Waals surface area contributed by atoms with Gasteiger partial charge in [-0.15, -0.1) is 0 Å². The van der Waals surface area contributed by atoms with Crippen LogP contribution < -0.4 is 9.64 Å². The molecule has 0 N–H and O–H groups in total. The van der Waals surface area contributed by atoms with Crippen LogP contribution in [-0.2, 0) is 9.47 Å². The molecular formula is C19H30N2O3. The molecule has 1 aromatic rings. The first kappa shape index (κ1) is 17.5. The van der Waals surface area contributed by atoms with Crippen molar-refractivity contribution in [3.8, 4) is 5.75 Å². The van der Waals surface area contributed by atoms with E-state index in [4.69, 9.17) is 14.2 Å². The second-order valence-electron chi connectivity index (χ2n) is 7.27. The molecule has 0 radical (unpaired) electrons. The zero-order valence-corrected chi connectivity index (χ0v) is 15.3. The predicted octanol–water partition coefficient (Wildman–Crippen LogP) is 2.40. The molecule has 0 aromatic heterocycles. The van der Waals surface area contributed by atoms with Crippen molar-refractivity contribution < 1.29 is 14.2 Å². The van der Waals surface area contributed by atoms with Crippen molar-refractivity contribution in [2.45, 2.75) is 38.6 Å². The van der Waals surface area contributed by atoms with Crippen molar-refractivity contribution in [2.24, 2.45) is 0 Å². The van der Waals surface area contributed by atoms with Crippen LogP contribution in [0.4, 0.5) is 5.69 Å². The molecule has 0 aliphatic carbocycles. The van der Waals surface area contributed by atoms with E-state index < -0.39 is 0 Å². The van der Waals surface area contributed by atoms with Gasteiger partial charge in [0.2, 0.25) is 0 Å². The molecule has 0 spiro atoms. The van der Waals surface area contributed by atoms with Gasteiger partial charge < -0.3 is 19.1 Å². The van der Waals surface area contributed by atoms with E-state index in [0.717, 1.165) is 38.5 Å². The van der Waals surface area contributed by atoms with Gasteiger partial charge in [0.25, 0.3) is 0 Å². The van der Waals surface area contributed by atoms with Crippen molar-refractivity contribution in [2.75, 3.05) is 51.3 Å². The summed E-state index contributed by atoms with van der Waals surface area (Å²) in [6, 6.07) is 8.25. The van der Waals surface area contributed by atoms with Crippen LogP contribution in [0.25, 0.3) is 0 Å². The number of anilines is 1. The van der Waals surface area contributed by atoms with Gasteiger partial charge >= 0.3 is 0 Å². The fourth-order valence-electron chi connectivity index (χ4n) is 3.36. The van der Waals surface area contributed by atoms with Crippen LogP contribution in [0.5, 0.6) is 5.75 Å². The number of rotatable bonds is 4. The van der Waals surface area contributed by atoms with Gasteiger partial charge in [-0.2, -0.15) is 0 Å². The van der Waals surface area contributed by atoms with Crippen molar-refractivity contribution >= 4 is 5.69 Å². The maximum absolute atomic E-state index is 6.15. The van der Waals surface area contributed by atoms with E-state index in [-0.39, 0.29) is 17.8 Å². The molecule has 1 aromatic carbocycles. The lowest BCUT2D eigenvalue weighted by Crippen LogP contribution is -2.54. The molecule has 5 heteroatoms. The first-order valence-electron chi connectivity index (χ1n) is 8.89. The first-order chi connectivity index (χ1) is 11.5. The number of piperazine rings is 1. The van der Waals surface area contributed by atoms with Gasteiger partial charge in [-0.25, -0.2) is 0 Å². The predicted molar refractivity (Wildman–Crippen MR) is 96.0 cm³/mol. The minimum Gasteiger partial charge on any atom is -0.495 e. The van der Waals surface area contributed by atoms with E-state index in [1.165, 1.54) is 5.69 Å². The summed E-state index contributed by atoms with van der Waals surface area (Å²) in [4.78, 5) is 4.88. The lowest BCUT2D eigenvalue weighted by molar-refractivity contribution is -0.217. The van der Waals surface area contributed by atoms with Crippen LogP contribution in [0, 0.1) is 0 Å². The van der Waals surface area contributed by atoms with Crippen molar-refractivity contribution in [3.63, 3.8) is 0 Å². The Morgan fingerprint density at radius 2 is 1.88 bits per heavy atom. The summed E-state index contributed by atoms with van der Waals surface area (Å²) in [5.74, 6) is 0.950. The number of nitrogens with zero attached hydrogens (tertiary/aromatic N) is 2. The maximum atomic E-state index is 6.15. The minimum absolute atomic E-state index is 0.131. The third-order valence-corrected chi connectivity index (χ3v) is 5.28. The van der Waals surface area contributed by atoms with Gasteiger partial charge in [0.05, 0.1) is 37.2 Å². The summed E-state index contributed by atoms with van der Waals surface area (Å²) in [7, 11) is 1.73. The third-order valence-electron chi connectivity index (χ3n) is 5.28. The van der Waals surface area contributed by atoms with Crippen LogP contribution in [0.1, 0.15) is 20.8 Å². The Bertz CT molecular complexity index is 541. The Kier molecular flexibility index (Phi) is 5.33. The molecule has 2 aliphatic rings. The summed E-state index contributed by atoms with van der Waals surface area (Å²) in [5, 5.41) is 0. The Morgan fingerprint density at radius 1 is 1.17 bits per heavy atom. The Hall–Kier alpha value is -1.30. The monoisotopic (exact) mass is 334 g/mol. The largest absolute Gasteiger partial charge is 0.495 e. The van der Waals surface area contributed by atoms with Gasteiger partial charge in [0, 0.05) is 32.7 Å². The number of benzene rings is 1. The molecule has 134 valence electrons. The van der Waals surface area contributed by atoms with Crippen LogP contribution in [0.15, 0.2) is 24.3 Å². The number of hydrogen-bond donors (Lipinski definition) is 0. The molecule has 2 heterocycles. The Balaban J connectivity index is 1.51. The number of ether oxygens (including phenoxy) is 3. The topological polar surface area (TPSA) is 34.2 Å². The Labute approximate surface area is 145 Å². The molecule has 2 aliphatic heterocycles. The van der Waals surface area contributed by atoms with Crippen molar-refractivity contribution in [1.29, 1.82) is 0 Å². The summed E-state index contributed by atoms with van der Waals surface area (Å²) in [6.07, 6.45) is 0.303. The number of methoxy groups -OCH3 is 1. The summed E-state index contributed by atoms with van der Waals surface area (Å²) >= 11 is 0. The fourth-order valence-corrected chi connectivity index (χ4v) is 3.36. The fraction of sp³-hybridized carbons (Fsp3) is 0.684. The van der Waals surface area contributed by atoms with Gasteiger partial charge in [-0.05, 0) is 32.9 Å². The molecule has 0 bridgehead atoms. The molecule has 3 rings (SSSR count). The average Bonchev–Trinajstić information content (AvgIpc) is 2.59. The Morgan fingerprint density at radius 3 is 2.54 bits per heavy atom.